The first-order valence-electron chi connectivity index (χ1n) is 8.24. The van der Waals surface area contributed by atoms with Crippen molar-refractivity contribution in [3.63, 3.8) is 0 Å². The highest BCUT2D eigenvalue weighted by Gasteiger charge is 2.16. The van der Waals surface area contributed by atoms with Crippen molar-refractivity contribution < 1.29 is 8.91 Å². The zero-order valence-corrected chi connectivity index (χ0v) is 14.8. The summed E-state index contributed by atoms with van der Waals surface area (Å²) < 4.78 is 18.5. The van der Waals surface area contributed by atoms with Crippen molar-refractivity contribution in [2.45, 2.75) is 32.7 Å². The van der Waals surface area contributed by atoms with Gasteiger partial charge in [0.05, 0.1) is 6.04 Å². The van der Waals surface area contributed by atoms with Gasteiger partial charge in [0.25, 0.3) is 5.89 Å². The highest BCUT2D eigenvalue weighted by atomic mass is 19.1. The summed E-state index contributed by atoms with van der Waals surface area (Å²) in [5.74, 6) is 1.91. The normalized spacial score (nSPS) is 12.4. The van der Waals surface area contributed by atoms with Gasteiger partial charge in [-0.15, -0.1) is 0 Å². The van der Waals surface area contributed by atoms with E-state index in [2.05, 4.69) is 15.1 Å². The van der Waals surface area contributed by atoms with Crippen molar-refractivity contribution in [1.82, 2.24) is 15.1 Å². The third kappa shape index (κ3) is 3.68. The third-order valence-electron chi connectivity index (χ3n) is 4.25. The highest BCUT2D eigenvalue weighted by molar-refractivity contribution is 5.59. The van der Waals surface area contributed by atoms with Crippen LogP contribution in [0.2, 0.25) is 0 Å². The Morgan fingerprint density at radius 3 is 2.44 bits per heavy atom. The molecule has 2 heterocycles. The van der Waals surface area contributed by atoms with Crippen molar-refractivity contribution in [2.24, 2.45) is 0 Å². The average Bonchev–Trinajstić information content (AvgIpc) is 3.12. The number of rotatable bonds is 5. The Hall–Kier alpha value is -2.76. The Bertz CT molecular complexity index is 845. The van der Waals surface area contributed by atoms with Crippen LogP contribution >= 0.6 is 0 Å². The molecule has 1 unspecified atom stereocenters. The van der Waals surface area contributed by atoms with Crippen LogP contribution in [0.3, 0.4) is 0 Å². The quantitative estimate of drug-likeness (QED) is 0.680. The minimum Gasteiger partial charge on any atom is -0.353 e. The molecule has 0 spiro atoms. The van der Waals surface area contributed by atoms with Gasteiger partial charge in [0.2, 0.25) is 0 Å². The molecule has 3 rings (SSSR count). The molecule has 0 radical (unpaired) electrons. The molecule has 3 aromatic rings. The molecular formula is C19H21FN4O. The number of hydrogen-bond acceptors (Lipinski definition) is 5. The maximum atomic E-state index is 13.1. The van der Waals surface area contributed by atoms with Gasteiger partial charge < -0.3 is 9.42 Å². The van der Waals surface area contributed by atoms with Gasteiger partial charge in [-0.1, -0.05) is 31.1 Å². The van der Waals surface area contributed by atoms with Crippen LogP contribution in [0.25, 0.3) is 11.5 Å². The van der Waals surface area contributed by atoms with Crippen LogP contribution in [0.15, 0.2) is 47.1 Å². The maximum absolute atomic E-state index is 13.1. The van der Waals surface area contributed by atoms with Gasteiger partial charge in [0, 0.05) is 24.7 Å². The Morgan fingerprint density at radius 1 is 1.08 bits per heavy atom. The van der Waals surface area contributed by atoms with Crippen molar-refractivity contribution in [3.05, 3.63) is 59.8 Å². The van der Waals surface area contributed by atoms with E-state index in [-0.39, 0.29) is 17.8 Å². The van der Waals surface area contributed by atoms with Crippen LogP contribution in [0, 0.1) is 5.82 Å². The monoisotopic (exact) mass is 340 g/mol. The minimum atomic E-state index is -0.240. The Morgan fingerprint density at radius 2 is 1.80 bits per heavy atom. The summed E-state index contributed by atoms with van der Waals surface area (Å²) >= 11 is 0. The smallest absolute Gasteiger partial charge is 0.258 e. The molecule has 130 valence electrons. The zero-order valence-electron chi connectivity index (χ0n) is 14.8. The van der Waals surface area contributed by atoms with Gasteiger partial charge in [-0.3, -0.25) is 0 Å². The van der Waals surface area contributed by atoms with Crippen LogP contribution in [0.4, 0.5) is 10.2 Å². The number of benzene rings is 1. The predicted octanol–water partition coefficient (Wildman–Crippen LogP) is 4.59. The highest BCUT2D eigenvalue weighted by Crippen LogP contribution is 2.27. The number of anilines is 1. The summed E-state index contributed by atoms with van der Waals surface area (Å²) in [5.41, 5.74) is 1.83. The fourth-order valence-electron chi connectivity index (χ4n) is 2.49. The first kappa shape index (κ1) is 17.1. The van der Waals surface area contributed by atoms with E-state index >= 15 is 0 Å². The summed E-state index contributed by atoms with van der Waals surface area (Å²) in [6.45, 7) is 6.08. The number of pyridine rings is 1. The van der Waals surface area contributed by atoms with Gasteiger partial charge in [-0.25, -0.2) is 9.37 Å². The van der Waals surface area contributed by atoms with Crippen LogP contribution in [-0.4, -0.2) is 22.2 Å². The van der Waals surface area contributed by atoms with Gasteiger partial charge in [0.15, 0.2) is 5.82 Å². The molecule has 0 saturated heterocycles. The Kier molecular flexibility index (Phi) is 4.79. The lowest BCUT2D eigenvalue weighted by Gasteiger charge is -2.26. The van der Waals surface area contributed by atoms with E-state index in [0.717, 1.165) is 16.9 Å². The molecule has 6 heteroatoms. The Labute approximate surface area is 146 Å². The molecule has 0 amide bonds. The third-order valence-corrected chi connectivity index (χ3v) is 4.25. The molecule has 0 saturated carbocycles. The average molecular weight is 340 g/mol. The lowest BCUT2D eigenvalue weighted by molar-refractivity contribution is 0.419. The van der Waals surface area contributed by atoms with Gasteiger partial charge >= 0.3 is 0 Å². The fourth-order valence-corrected chi connectivity index (χ4v) is 2.49. The summed E-state index contributed by atoms with van der Waals surface area (Å²) in [4.78, 5) is 10.9. The van der Waals surface area contributed by atoms with E-state index in [4.69, 9.17) is 4.52 Å². The second-order valence-electron chi connectivity index (χ2n) is 6.35. The molecule has 0 aliphatic rings. The number of hydrogen-bond donors (Lipinski definition) is 0. The van der Waals surface area contributed by atoms with Crippen molar-refractivity contribution in [2.75, 3.05) is 11.9 Å². The lowest BCUT2D eigenvalue weighted by atomic mass is 10.1. The molecule has 1 atom stereocenters. The van der Waals surface area contributed by atoms with Gasteiger partial charge in [0.1, 0.15) is 11.6 Å². The standard InChI is InChI=1S/C19H21FN4O/c1-12(2)18-22-19(25-23-18)15-9-10-21-17(11-15)24(4)13(3)14-5-7-16(20)8-6-14/h5-13H,1-4H3. The largest absolute Gasteiger partial charge is 0.353 e. The molecule has 0 aliphatic heterocycles. The summed E-state index contributed by atoms with van der Waals surface area (Å²) in [6.07, 6.45) is 1.72. The van der Waals surface area contributed by atoms with Crippen molar-refractivity contribution in [1.29, 1.82) is 0 Å². The van der Waals surface area contributed by atoms with E-state index in [9.17, 15) is 4.39 Å². The minimum absolute atomic E-state index is 0.0391. The lowest BCUT2D eigenvalue weighted by Crippen LogP contribution is -2.22. The van der Waals surface area contributed by atoms with E-state index in [1.54, 1.807) is 18.3 Å². The molecule has 0 N–H and O–H groups in total. The first-order valence-corrected chi connectivity index (χ1v) is 8.24. The summed E-state index contributed by atoms with van der Waals surface area (Å²) in [6, 6.07) is 10.3. The molecular weight excluding hydrogens is 319 g/mol. The second kappa shape index (κ2) is 7.01. The zero-order chi connectivity index (χ0) is 18.0. The van der Waals surface area contributed by atoms with Gasteiger partial charge in [-0.05, 0) is 36.8 Å². The van der Waals surface area contributed by atoms with Crippen LogP contribution in [-0.2, 0) is 0 Å². The van der Waals surface area contributed by atoms with Crippen LogP contribution < -0.4 is 4.90 Å². The van der Waals surface area contributed by atoms with E-state index < -0.39 is 0 Å². The molecule has 2 aromatic heterocycles. The molecule has 0 bridgehead atoms. The van der Waals surface area contributed by atoms with E-state index in [1.165, 1.54) is 12.1 Å². The second-order valence-corrected chi connectivity index (χ2v) is 6.35. The number of halogens is 1. The molecule has 0 fully saturated rings. The fraction of sp³-hybridized carbons (Fsp3) is 0.316. The Balaban J connectivity index is 1.85. The number of aromatic nitrogens is 3. The predicted molar refractivity (Wildman–Crippen MR) is 94.8 cm³/mol. The van der Waals surface area contributed by atoms with Crippen LogP contribution in [0.5, 0.6) is 0 Å². The summed E-state index contributed by atoms with van der Waals surface area (Å²) in [7, 11) is 1.95. The van der Waals surface area contributed by atoms with Crippen LogP contribution in [0.1, 0.15) is 44.1 Å². The van der Waals surface area contributed by atoms with Gasteiger partial charge in [-0.2, -0.15) is 4.98 Å². The molecule has 1 aromatic carbocycles. The summed E-state index contributed by atoms with van der Waals surface area (Å²) in [5, 5.41) is 4.00. The van der Waals surface area contributed by atoms with E-state index in [1.807, 2.05) is 44.9 Å². The first-order chi connectivity index (χ1) is 12.0. The van der Waals surface area contributed by atoms with Crippen molar-refractivity contribution in [3.8, 4) is 11.5 Å². The molecule has 5 nitrogen and oxygen atoms in total. The van der Waals surface area contributed by atoms with Crippen molar-refractivity contribution >= 4 is 5.82 Å². The SMILES string of the molecule is CC(C)c1noc(-c2ccnc(N(C)C(C)c3ccc(F)cc3)c2)n1. The maximum Gasteiger partial charge on any atom is 0.258 e. The topological polar surface area (TPSA) is 55.1 Å². The molecule has 25 heavy (non-hydrogen) atoms. The van der Waals surface area contributed by atoms with E-state index in [0.29, 0.717) is 11.7 Å². The molecule has 0 aliphatic carbocycles. The number of nitrogens with zero attached hydrogens (tertiary/aromatic N) is 4.